The Balaban J connectivity index is 1.61. The zero-order valence-corrected chi connectivity index (χ0v) is 14.7. The molecule has 1 amide bonds. The van der Waals surface area contributed by atoms with Crippen molar-refractivity contribution in [3.05, 3.63) is 42.1 Å². The number of fused-ring (bicyclic) bond motifs is 1. The first-order valence-corrected chi connectivity index (χ1v) is 8.92. The lowest BCUT2D eigenvalue weighted by Crippen LogP contribution is -2.46. The van der Waals surface area contributed by atoms with Crippen molar-refractivity contribution < 1.29 is 14.3 Å². The Morgan fingerprint density at radius 3 is 2.72 bits per heavy atom. The van der Waals surface area contributed by atoms with Gasteiger partial charge in [0.2, 0.25) is 0 Å². The molecule has 3 rings (SSSR count). The van der Waals surface area contributed by atoms with Crippen LogP contribution in [-0.4, -0.2) is 29.0 Å². The second kappa shape index (κ2) is 7.64. The number of pyridine rings is 1. The topological polar surface area (TPSA) is 68.3 Å². The van der Waals surface area contributed by atoms with E-state index in [1.807, 2.05) is 30.3 Å². The highest BCUT2D eigenvalue weighted by molar-refractivity contribution is 5.93. The third-order valence-electron chi connectivity index (χ3n) is 4.90. The highest BCUT2D eigenvalue weighted by Gasteiger charge is 2.26. The van der Waals surface area contributed by atoms with Gasteiger partial charge >= 0.3 is 5.97 Å². The molecule has 1 fully saturated rings. The monoisotopic (exact) mass is 340 g/mol. The van der Waals surface area contributed by atoms with E-state index in [9.17, 15) is 9.59 Å². The third kappa shape index (κ3) is 4.16. The number of carbonyl (C=O) groups excluding carboxylic acids is 2. The Morgan fingerprint density at radius 2 is 1.92 bits per heavy atom. The van der Waals surface area contributed by atoms with Gasteiger partial charge in [-0.25, -0.2) is 9.78 Å². The van der Waals surface area contributed by atoms with Gasteiger partial charge in [-0.1, -0.05) is 44.0 Å². The molecule has 3 atom stereocenters. The van der Waals surface area contributed by atoms with E-state index in [1.54, 1.807) is 13.0 Å². The Morgan fingerprint density at radius 1 is 1.16 bits per heavy atom. The van der Waals surface area contributed by atoms with Gasteiger partial charge in [-0.3, -0.25) is 4.79 Å². The van der Waals surface area contributed by atoms with E-state index in [1.165, 1.54) is 6.42 Å². The number of ether oxygens (including phenoxy) is 1. The summed E-state index contributed by atoms with van der Waals surface area (Å²) in [6.45, 7) is 3.75. The molecule has 1 aliphatic rings. The summed E-state index contributed by atoms with van der Waals surface area (Å²) >= 11 is 0. The number of rotatable bonds is 4. The molecule has 0 aliphatic heterocycles. The molecule has 1 heterocycles. The van der Waals surface area contributed by atoms with E-state index in [0.717, 1.165) is 30.2 Å². The summed E-state index contributed by atoms with van der Waals surface area (Å²) in [5, 5.41) is 3.97. The van der Waals surface area contributed by atoms with E-state index in [4.69, 9.17) is 4.74 Å². The third-order valence-corrected chi connectivity index (χ3v) is 4.90. The van der Waals surface area contributed by atoms with E-state index in [0.29, 0.717) is 5.92 Å². The van der Waals surface area contributed by atoms with Crippen LogP contribution in [0.2, 0.25) is 0 Å². The number of para-hydroxylation sites is 1. The summed E-state index contributed by atoms with van der Waals surface area (Å²) in [7, 11) is 0. The molecule has 1 saturated carbocycles. The second-order valence-electron chi connectivity index (χ2n) is 6.81. The van der Waals surface area contributed by atoms with E-state index in [2.05, 4.69) is 17.2 Å². The predicted octanol–water partition coefficient (Wildman–Crippen LogP) is 3.48. The zero-order valence-electron chi connectivity index (χ0n) is 14.7. The van der Waals surface area contributed by atoms with Gasteiger partial charge < -0.3 is 10.1 Å². The highest BCUT2D eigenvalue weighted by Crippen LogP contribution is 2.23. The summed E-state index contributed by atoms with van der Waals surface area (Å²) in [5.41, 5.74) is 0.939. The molecule has 1 aromatic carbocycles. The van der Waals surface area contributed by atoms with Crippen LogP contribution in [0.25, 0.3) is 10.9 Å². The van der Waals surface area contributed by atoms with Gasteiger partial charge in [0.25, 0.3) is 5.91 Å². The average Bonchev–Trinajstić information content (AvgIpc) is 2.63. The van der Waals surface area contributed by atoms with Gasteiger partial charge in [0.1, 0.15) is 5.69 Å². The molecule has 5 heteroatoms. The number of aromatic nitrogens is 1. The lowest BCUT2D eigenvalue weighted by molar-refractivity contribution is -0.130. The average molecular weight is 340 g/mol. The van der Waals surface area contributed by atoms with Crippen molar-refractivity contribution in [3.8, 4) is 0 Å². The summed E-state index contributed by atoms with van der Waals surface area (Å²) in [6.07, 6.45) is 3.62. The minimum Gasteiger partial charge on any atom is -0.448 e. The summed E-state index contributed by atoms with van der Waals surface area (Å²) in [5.74, 6) is -0.360. The number of hydrogen-bond acceptors (Lipinski definition) is 4. The van der Waals surface area contributed by atoms with Crippen molar-refractivity contribution in [2.75, 3.05) is 0 Å². The quantitative estimate of drug-likeness (QED) is 0.865. The van der Waals surface area contributed by atoms with Crippen LogP contribution in [0.5, 0.6) is 0 Å². The van der Waals surface area contributed by atoms with Crippen LogP contribution in [0.15, 0.2) is 36.4 Å². The molecular formula is C20H24N2O3. The van der Waals surface area contributed by atoms with E-state index >= 15 is 0 Å². The lowest BCUT2D eigenvalue weighted by Gasteiger charge is -2.30. The summed E-state index contributed by atoms with van der Waals surface area (Å²) in [6, 6.07) is 11.2. The number of nitrogens with zero attached hydrogens (tertiary/aromatic N) is 1. The minimum atomic E-state index is -0.838. The number of hydrogen-bond donors (Lipinski definition) is 1. The number of benzene rings is 1. The van der Waals surface area contributed by atoms with Gasteiger partial charge in [0.15, 0.2) is 6.10 Å². The Kier molecular flexibility index (Phi) is 5.31. The van der Waals surface area contributed by atoms with Crippen molar-refractivity contribution in [1.29, 1.82) is 0 Å². The maximum absolute atomic E-state index is 12.3. The van der Waals surface area contributed by atoms with Gasteiger partial charge in [-0.15, -0.1) is 0 Å². The molecule has 25 heavy (non-hydrogen) atoms. The molecular weight excluding hydrogens is 316 g/mol. The molecule has 1 aromatic heterocycles. The fourth-order valence-electron chi connectivity index (χ4n) is 3.28. The number of esters is 1. The predicted molar refractivity (Wildman–Crippen MR) is 96.2 cm³/mol. The molecule has 0 bridgehead atoms. The molecule has 0 saturated heterocycles. The molecule has 0 unspecified atom stereocenters. The second-order valence-corrected chi connectivity index (χ2v) is 6.81. The number of nitrogens with one attached hydrogen (secondary N) is 1. The molecule has 0 radical (unpaired) electrons. The maximum atomic E-state index is 12.3. The van der Waals surface area contributed by atoms with Crippen molar-refractivity contribution >= 4 is 22.8 Å². The first-order chi connectivity index (χ1) is 12.0. The van der Waals surface area contributed by atoms with Crippen LogP contribution >= 0.6 is 0 Å². The van der Waals surface area contributed by atoms with Gasteiger partial charge in [-0.2, -0.15) is 0 Å². The van der Waals surface area contributed by atoms with Crippen LogP contribution < -0.4 is 5.32 Å². The summed E-state index contributed by atoms with van der Waals surface area (Å²) < 4.78 is 5.31. The molecule has 5 nitrogen and oxygen atoms in total. The van der Waals surface area contributed by atoms with E-state index in [-0.39, 0.29) is 17.6 Å². The van der Waals surface area contributed by atoms with Crippen LogP contribution in [0.4, 0.5) is 0 Å². The minimum absolute atomic E-state index is 0.168. The zero-order chi connectivity index (χ0) is 17.8. The normalized spacial score (nSPS) is 21.5. The first-order valence-electron chi connectivity index (χ1n) is 8.92. The van der Waals surface area contributed by atoms with Crippen LogP contribution in [0.3, 0.4) is 0 Å². The van der Waals surface area contributed by atoms with Crippen molar-refractivity contribution in [2.45, 2.75) is 51.7 Å². The first kappa shape index (κ1) is 17.4. The Bertz CT molecular complexity index is 774. The Labute approximate surface area is 147 Å². The van der Waals surface area contributed by atoms with E-state index < -0.39 is 12.1 Å². The van der Waals surface area contributed by atoms with Crippen molar-refractivity contribution in [2.24, 2.45) is 5.92 Å². The maximum Gasteiger partial charge on any atom is 0.357 e. The van der Waals surface area contributed by atoms with Gasteiger partial charge in [-0.05, 0) is 37.8 Å². The standard InChI is InChI=1S/C20H24N2O3/c1-13-7-3-5-9-16(13)22-19(23)14(2)25-20(24)18-12-11-15-8-4-6-10-17(15)21-18/h4,6,8,10-14,16H,3,5,7,9H2,1-2H3,(H,22,23)/t13-,14+,16+/m0/s1. The molecule has 0 spiro atoms. The van der Waals surface area contributed by atoms with Crippen LogP contribution in [0.1, 0.15) is 50.0 Å². The lowest BCUT2D eigenvalue weighted by atomic mass is 9.86. The number of amides is 1. The Hall–Kier alpha value is -2.43. The molecule has 1 aliphatic carbocycles. The fourth-order valence-corrected chi connectivity index (χ4v) is 3.28. The highest BCUT2D eigenvalue weighted by atomic mass is 16.5. The summed E-state index contributed by atoms with van der Waals surface area (Å²) in [4.78, 5) is 28.9. The van der Waals surface area contributed by atoms with Crippen molar-refractivity contribution in [3.63, 3.8) is 0 Å². The SMILES string of the molecule is C[C@@H](OC(=O)c1ccc2ccccc2n1)C(=O)N[C@@H]1CCCC[C@@H]1C. The van der Waals surface area contributed by atoms with Gasteiger partial charge in [0, 0.05) is 11.4 Å². The molecule has 2 aromatic rings. The molecule has 1 N–H and O–H groups in total. The van der Waals surface area contributed by atoms with Gasteiger partial charge in [0.05, 0.1) is 5.52 Å². The van der Waals surface area contributed by atoms with Crippen LogP contribution in [0, 0.1) is 5.92 Å². The van der Waals surface area contributed by atoms with Crippen LogP contribution in [-0.2, 0) is 9.53 Å². The largest absolute Gasteiger partial charge is 0.448 e. The smallest absolute Gasteiger partial charge is 0.357 e. The number of carbonyl (C=O) groups is 2. The molecule has 132 valence electrons. The van der Waals surface area contributed by atoms with Crippen molar-refractivity contribution in [1.82, 2.24) is 10.3 Å². The fraction of sp³-hybridized carbons (Fsp3) is 0.450.